The van der Waals surface area contributed by atoms with E-state index in [0.717, 1.165) is 0 Å². The molecule has 11 atom stereocenters. The highest BCUT2D eigenvalue weighted by Crippen LogP contribution is 2.18. The van der Waals surface area contributed by atoms with Crippen LogP contribution in [-0.2, 0) is 4.79 Å². The van der Waals surface area contributed by atoms with Crippen LogP contribution in [0.2, 0.25) is 0 Å². The molecule has 0 aliphatic carbocycles. The lowest BCUT2D eigenvalue weighted by molar-refractivity contribution is -0.124. The molecule has 42 heavy (non-hydrogen) atoms. The van der Waals surface area contributed by atoms with Crippen LogP contribution in [0.4, 0.5) is 0 Å². The van der Waals surface area contributed by atoms with Gasteiger partial charge in [-0.3, -0.25) is 4.79 Å². The lowest BCUT2D eigenvalue weighted by Crippen LogP contribution is -2.41. The number of aliphatic hydroxyl groups is 11. The maximum atomic E-state index is 11.7. The first-order valence-electron chi connectivity index (χ1n) is 14.9. The maximum absolute atomic E-state index is 11.7. The summed E-state index contributed by atoms with van der Waals surface area (Å²) in [6.45, 7) is 3.83. The van der Waals surface area contributed by atoms with Gasteiger partial charge in [-0.25, -0.2) is 0 Å². The summed E-state index contributed by atoms with van der Waals surface area (Å²) in [5.41, 5.74) is 5.37. The average molecular weight is 612 g/mol. The van der Waals surface area contributed by atoms with Gasteiger partial charge >= 0.3 is 0 Å². The fourth-order valence-electron chi connectivity index (χ4n) is 4.60. The normalized spacial score (nSPS) is 20.5. The summed E-state index contributed by atoms with van der Waals surface area (Å²) >= 11 is 0. The molecular formula is C29H57NO12. The van der Waals surface area contributed by atoms with E-state index in [1.165, 1.54) is 12.2 Å². The Bertz CT molecular complexity index is 727. The standard InChI is InChI=1S/C29H57NO12/c1-17(2)26(39)14-24(37)12-21(34)9-18(31)5-3-6-19(32)10-22(35)13-25(38)16-28(41)29(42)27(40)15-23(36)11-20(33)7-4-8-30/h3,5,17-25,27-29,31-38,40-42H,4,6-16,30H2,1-2H3. The Balaban J connectivity index is 4.39. The molecule has 13 N–H and O–H groups in total. The highest BCUT2D eigenvalue weighted by atomic mass is 16.4. The summed E-state index contributed by atoms with van der Waals surface area (Å²) < 4.78 is 0. The second-order valence-corrected chi connectivity index (χ2v) is 11.8. The fraction of sp³-hybridized carbons (Fsp3) is 0.897. The van der Waals surface area contributed by atoms with Crippen molar-refractivity contribution >= 4 is 5.78 Å². The number of hydrogen-bond donors (Lipinski definition) is 12. The van der Waals surface area contributed by atoms with E-state index in [0.29, 0.717) is 19.4 Å². The Labute approximate surface area is 249 Å². The van der Waals surface area contributed by atoms with Crippen LogP contribution in [-0.4, -0.2) is 136 Å². The monoisotopic (exact) mass is 611 g/mol. The van der Waals surface area contributed by atoms with Crippen LogP contribution in [0, 0.1) is 5.92 Å². The zero-order valence-electron chi connectivity index (χ0n) is 25.0. The van der Waals surface area contributed by atoms with E-state index >= 15 is 0 Å². The Kier molecular flexibility index (Phi) is 21.9. The van der Waals surface area contributed by atoms with E-state index in [4.69, 9.17) is 5.73 Å². The molecule has 250 valence electrons. The van der Waals surface area contributed by atoms with Crippen molar-refractivity contribution in [3.63, 3.8) is 0 Å². The lowest BCUT2D eigenvalue weighted by Gasteiger charge is -2.27. The Morgan fingerprint density at radius 3 is 1.60 bits per heavy atom. The van der Waals surface area contributed by atoms with Crippen LogP contribution in [0.3, 0.4) is 0 Å². The fourth-order valence-corrected chi connectivity index (χ4v) is 4.60. The third-order valence-electron chi connectivity index (χ3n) is 7.09. The van der Waals surface area contributed by atoms with Gasteiger partial charge in [-0.15, -0.1) is 0 Å². The Hall–Kier alpha value is -1.07. The maximum Gasteiger partial charge on any atom is 0.137 e. The van der Waals surface area contributed by atoms with Gasteiger partial charge in [0.1, 0.15) is 11.9 Å². The smallest absolute Gasteiger partial charge is 0.137 e. The Morgan fingerprint density at radius 2 is 1.07 bits per heavy atom. The summed E-state index contributed by atoms with van der Waals surface area (Å²) in [6.07, 6.45) is -10.7. The van der Waals surface area contributed by atoms with E-state index in [-0.39, 0.29) is 69.5 Å². The summed E-state index contributed by atoms with van der Waals surface area (Å²) in [5.74, 6) is -0.341. The van der Waals surface area contributed by atoms with Crippen LogP contribution >= 0.6 is 0 Å². The number of carbonyl (C=O) groups excluding carboxylic acids is 1. The van der Waals surface area contributed by atoms with Crippen molar-refractivity contribution in [3.8, 4) is 0 Å². The predicted molar refractivity (Wildman–Crippen MR) is 155 cm³/mol. The number of hydrogen-bond acceptors (Lipinski definition) is 13. The van der Waals surface area contributed by atoms with E-state index in [1.807, 2.05) is 0 Å². The SMILES string of the molecule is CC(C)C(=O)CC(O)CC(O)CC(O)C=CCC(O)CC(O)CC(O)CC(O)C(O)C(O)CC(O)CC(O)CCCN. The number of aliphatic hydroxyl groups excluding tert-OH is 11. The second kappa shape index (κ2) is 22.4. The molecule has 0 aliphatic heterocycles. The minimum absolute atomic E-state index is 0.0288. The van der Waals surface area contributed by atoms with E-state index in [1.54, 1.807) is 13.8 Å². The molecule has 0 heterocycles. The molecule has 0 saturated heterocycles. The Morgan fingerprint density at radius 1 is 0.619 bits per heavy atom. The molecule has 0 saturated carbocycles. The minimum atomic E-state index is -1.68. The summed E-state index contributed by atoms with van der Waals surface area (Å²) in [6, 6.07) is 0. The summed E-state index contributed by atoms with van der Waals surface area (Å²) in [5, 5.41) is 111. The summed E-state index contributed by atoms with van der Waals surface area (Å²) in [4.78, 5) is 11.7. The number of rotatable bonds is 25. The van der Waals surface area contributed by atoms with Gasteiger partial charge in [-0.2, -0.15) is 0 Å². The highest BCUT2D eigenvalue weighted by Gasteiger charge is 2.29. The topological polar surface area (TPSA) is 266 Å². The molecule has 0 fully saturated rings. The minimum Gasteiger partial charge on any atom is -0.393 e. The number of carbonyl (C=O) groups is 1. The van der Waals surface area contributed by atoms with E-state index in [2.05, 4.69) is 0 Å². The number of ketones is 1. The lowest BCUT2D eigenvalue weighted by atomic mass is 9.94. The van der Waals surface area contributed by atoms with Crippen LogP contribution in [0.5, 0.6) is 0 Å². The zero-order valence-corrected chi connectivity index (χ0v) is 25.0. The van der Waals surface area contributed by atoms with Gasteiger partial charge in [-0.1, -0.05) is 26.0 Å². The van der Waals surface area contributed by atoms with Crippen molar-refractivity contribution in [2.24, 2.45) is 11.7 Å². The molecule has 13 heteroatoms. The van der Waals surface area contributed by atoms with Crippen LogP contribution in [0.15, 0.2) is 12.2 Å². The quantitative estimate of drug-likeness (QED) is 0.0498. The first kappa shape index (κ1) is 40.9. The zero-order chi connectivity index (χ0) is 32.4. The molecule has 0 aromatic heterocycles. The highest BCUT2D eigenvalue weighted by molar-refractivity contribution is 5.80. The molecule has 0 bridgehead atoms. The van der Waals surface area contributed by atoms with Gasteiger partial charge < -0.3 is 61.9 Å². The molecule has 0 amide bonds. The van der Waals surface area contributed by atoms with Gasteiger partial charge in [-0.05, 0) is 51.5 Å². The van der Waals surface area contributed by atoms with Crippen molar-refractivity contribution in [1.82, 2.24) is 0 Å². The number of Topliss-reactive ketones (excluding diaryl/α,β-unsaturated/α-hetero) is 1. The van der Waals surface area contributed by atoms with Crippen molar-refractivity contribution in [3.05, 3.63) is 12.2 Å². The van der Waals surface area contributed by atoms with Crippen LogP contribution in [0.25, 0.3) is 0 Å². The first-order valence-corrected chi connectivity index (χ1v) is 14.9. The molecule has 11 unspecified atom stereocenters. The van der Waals surface area contributed by atoms with Crippen molar-refractivity contribution in [2.45, 2.75) is 152 Å². The molecule has 0 radical (unpaired) electrons. The van der Waals surface area contributed by atoms with Crippen molar-refractivity contribution < 1.29 is 61.0 Å². The molecule has 0 aliphatic rings. The van der Waals surface area contributed by atoms with Crippen LogP contribution in [0.1, 0.15) is 84.5 Å². The molecule has 0 aromatic rings. The van der Waals surface area contributed by atoms with Gasteiger partial charge in [0, 0.05) is 31.6 Å². The van der Waals surface area contributed by atoms with E-state index < -0.39 is 67.1 Å². The molecule has 0 rings (SSSR count). The number of nitrogens with two attached hydrogens (primary N) is 1. The largest absolute Gasteiger partial charge is 0.393 e. The first-order chi connectivity index (χ1) is 19.5. The predicted octanol–water partition coefficient (Wildman–Crippen LogP) is -2.01. The van der Waals surface area contributed by atoms with Crippen molar-refractivity contribution in [1.29, 1.82) is 0 Å². The van der Waals surface area contributed by atoms with Gasteiger partial charge in [0.15, 0.2) is 0 Å². The van der Waals surface area contributed by atoms with Crippen LogP contribution < -0.4 is 5.73 Å². The van der Waals surface area contributed by atoms with Gasteiger partial charge in [0.2, 0.25) is 0 Å². The second-order valence-electron chi connectivity index (χ2n) is 11.8. The average Bonchev–Trinajstić information content (AvgIpc) is 2.85. The summed E-state index contributed by atoms with van der Waals surface area (Å²) in [7, 11) is 0. The molecular weight excluding hydrogens is 554 g/mol. The molecule has 0 spiro atoms. The van der Waals surface area contributed by atoms with Gasteiger partial charge in [0.05, 0.1) is 61.0 Å². The third-order valence-corrected chi connectivity index (χ3v) is 7.09. The molecule has 0 aromatic carbocycles. The van der Waals surface area contributed by atoms with E-state index in [9.17, 15) is 61.0 Å². The van der Waals surface area contributed by atoms with Crippen molar-refractivity contribution in [2.75, 3.05) is 6.54 Å². The van der Waals surface area contributed by atoms with Gasteiger partial charge in [0.25, 0.3) is 0 Å². The molecule has 13 nitrogen and oxygen atoms in total. The third kappa shape index (κ3) is 20.0.